The number of ether oxygens (including phenoxy) is 2. The molecule has 32 heavy (non-hydrogen) atoms. The van der Waals surface area contributed by atoms with E-state index in [-0.39, 0.29) is 11.5 Å². The lowest BCUT2D eigenvalue weighted by Crippen LogP contribution is -2.28. The van der Waals surface area contributed by atoms with Crippen LogP contribution in [0.2, 0.25) is 0 Å². The lowest BCUT2D eigenvalue weighted by atomic mass is 10.2. The molecule has 0 atom stereocenters. The number of carboxylic acids is 1. The normalized spacial score (nSPS) is 16.1. The Morgan fingerprint density at radius 1 is 1.12 bits per heavy atom. The summed E-state index contributed by atoms with van der Waals surface area (Å²) in [6.07, 6.45) is 1.80. The molecule has 3 rings (SSSR count). The molecule has 0 aliphatic carbocycles. The molecular formula is C23H23BrN2O5S. The second kappa shape index (κ2) is 10.7. The van der Waals surface area contributed by atoms with Gasteiger partial charge in [-0.05, 0) is 80.6 Å². The number of amides is 1. The Morgan fingerprint density at radius 3 is 2.31 bits per heavy atom. The highest BCUT2D eigenvalue weighted by Crippen LogP contribution is 2.38. The molecule has 2 aromatic carbocycles. The van der Waals surface area contributed by atoms with Crippen molar-refractivity contribution in [3.63, 3.8) is 0 Å². The zero-order valence-corrected chi connectivity index (χ0v) is 20.3. The number of hydrogen-bond acceptors (Lipinski definition) is 6. The Bertz CT molecular complexity index is 1080. The maximum Gasteiger partial charge on any atom is 0.335 e. The fraction of sp³-hybridized carbons (Fsp3) is 0.261. The first-order chi connectivity index (χ1) is 15.4. The van der Waals surface area contributed by atoms with Gasteiger partial charge < -0.3 is 14.6 Å². The van der Waals surface area contributed by atoms with Gasteiger partial charge in [0.2, 0.25) is 0 Å². The average molecular weight is 519 g/mol. The molecule has 1 saturated heterocycles. The Hall–Kier alpha value is -2.78. The Morgan fingerprint density at radius 2 is 1.75 bits per heavy atom. The first kappa shape index (κ1) is 23.9. The smallest absolute Gasteiger partial charge is 0.335 e. The highest BCUT2D eigenvalue weighted by atomic mass is 79.9. The van der Waals surface area contributed by atoms with Gasteiger partial charge in [-0.1, -0.05) is 15.9 Å². The maximum atomic E-state index is 13.0. The largest absolute Gasteiger partial charge is 0.490 e. The second-order valence-electron chi connectivity index (χ2n) is 6.59. The number of aromatic carboxylic acids is 1. The van der Waals surface area contributed by atoms with Crippen LogP contribution in [0.25, 0.3) is 6.08 Å². The molecule has 1 fully saturated rings. The standard InChI is InChI=1S/C23H23BrN2O5S/c1-4-26-21(27)20(32-23(26)25-16-9-7-14(8-10-16)22(28)29)12-15-11-18(30-5-2)19(31-6-3)13-17(15)24/h7-13H,4-6H2,1-3H3,(H,28,29)/b20-12-,25-23?. The molecule has 1 aliphatic rings. The van der Waals surface area contributed by atoms with Gasteiger partial charge in [0.05, 0.1) is 29.4 Å². The maximum absolute atomic E-state index is 13.0. The first-order valence-corrected chi connectivity index (χ1v) is 11.7. The van der Waals surface area contributed by atoms with Crippen molar-refractivity contribution in [2.45, 2.75) is 20.8 Å². The van der Waals surface area contributed by atoms with Gasteiger partial charge in [-0.15, -0.1) is 0 Å². The zero-order valence-electron chi connectivity index (χ0n) is 17.9. The summed E-state index contributed by atoms with van der Waals surface area (Å²) >= 11 is 4.83. The van der Waals surface area contributed by atoms with E-state index in [9.17, 15) is 9.59 Å². The Labute approximate surface area is 199 Å². The van der Waals surface area contributed by atoms with E-state index in [0.29, 0.717) is 47.0 Å². The average Bonchev–Trinajstić information content (AvgIpc) is 3.05. The van der Waals surface area contributed by atoms with E-state index in [2.05, 4.69) is 20.9 Å². The number of hydrogen-bond donors (Lipinski definition) is 1. The van der Waals surface area contributed by atoms with E-state index in [1.54, 1.807) is 23.1 Å². The van der Waals surface area contributed by atoms with Gasteiger partial charge in [0.15, 0.2) is 16.7 Å². The van der Waals surface area contributed by atoms with Crippen molar-refractivity contribution in [1.29, 1.82) is 0 Å². The van der Waals surface area contributed by atoms with Crippen LogP contribution in [0.4, 0.5) is 5.69 Å². The minimum atomic E-state index is -0.998. The van der Waals surface area contributed by atoms with Crippen molar-refractivity contribution < 1.29 is 24.2 Å². The van der Waals surface area contributed by atoms with Gasteiger partial charge in [0, 0.05) is 11.0 Å². The molecular weight excluding hydrogens is 496 g/mol. The predicted octanol–water partition coefficient (Wildman–Crippen LogP) is 5.57. The number of halogens is 1. The number of nitrogens with zero attached hydrogens (tertiary/aromatic N) is 2. The molecule has 1 amide bonds. The van der Waals surface area contributed by atoms with Gasteiger partial charge in [-0.2, -0.15) is 0 Å². The summed E-state index contributed by atoms with van der Waals surface area (Å²) < 4.78 is 12.1. The molecule has 7 nitrogen and oxygen atoms in total. The van der Waals surface area contributed by atoms with E-state index in [0.717, 1.165) is 10.0 Å². The summed E-state index contributed by atoms with van der Waals surface area (Å²) in [7, 11) is 0. The number of rotatable bonds is 8. The van der Waals surface area contributed by atoms with E-state index >= 15 is 0 Å². The van der Waals surface area contributed by atoms with Crippen LogP contribution in [-0.4, -0.2) is 46.8 Å². The highest BCUT2D eigenvalue weighted by molar-refractivity contribution is 9.10. The van der Waals surface area contributed by atoms with Crippen LogP contribution in [0.5, 0.6) is 11.5 Å². The van der Waals surface area contributed by atoms with Crippen molar-refractivity contribution in [2.24, 2.45) is 4.99 Å². The predicted molar refractivity (Wildman–Crippen MR) is 130 cm³/mol. The van der Waals surface area contributed by atoms with E-state index in [1.807, 2.05) is 32.9 Å². The summed E-state index contributed by atoms with van der Waals surface area (Å²) in [5.74, 6) is 0.107. The summed E-state index contributed by atoms with van der Waals surface area (Å²) in [6, 6.07) is 9.89. The number of aliphatic imine (C=N–C) groups is 1. The number of amidine groups is 1. The van der Waals surface area contributed by atoms with Crippen LogP contribution in [0.3, 0.4) is 0 Å². The molecule has 0 radical (unpaired) electrons. The second-order valence-corrected chi connectivity index (χ2v) is 8.46. The van der Waals surface area contributed by atoms with Gasteiger partial charge in [0.1, 0.15) is 0 Å². The SMILES string of the molecule is CCOc1cc(Br)c(/C=C2\SC(=Nc3ccc(C(=O)O)cc3)N(CC)C2=O)cc1OCC. The molecule has 0 saturated carbocycles. The van der Waals surface area contributed by atoms with Crippen molar-refractivity contribution >= 4 is 56.5 Å². The molecule has 2 aromatic rings. The molecule has 0 unspecified atom stereocenters. The first-order valence-electron chi connectivity index (χ1n) is 10.1. The third-order valence-corrected chi connectivity index (χ3v) is 6.19. The summed E-state index contributed by atoms with van der Waals surface area (Å²) in [4.78, 5) is 30.7. The van der Waals surface area contributed by atoms with Crippen LogP contribution in [0, 0.1) is 0 Å². The third kappa shape index (κ3) is 5.34. The Kier molecular flexibility index (Phi) is 7.98. The number of benzene rings is 2. The van der Waals surface area contributed by atoms with Gasteiger partial charge in [-0.25, -0.2) is 9.79 Å². The van der Waals surface area contributed by atoms with Crippen molar-refractivity contribution in [3.05, 3.63) is 56.9 Å². The number of carbonyl (C=O) groups excluding carboxylic acids is 1. The topological polar surface area (TPSA) is 88.4 Å². The van der Waals surface area contributed by atoms with Crippen molar-refractivity contribution in [3.8, 4) is 11.5 Å². The van der Waals surface area contributed by atoms with Gasteiger partial charge in [-0.3, -0.25) is 9.69 Å². The summed E-state index contributed by atoms with van der Waals surface area (Å²) in [6.45, 7) is 7.15. The number of carbonyl (C=O) groups is 2. The molecule has 168 valence electrons. The molecule has 1 N–H and O–H groups in total. The highest BCUT2D eigenvalue weighted by Gasteiger charge is 2.32. The van der Waals surface area contributed by atoms with Crippen molar-refractivity contribution in [2.75, 3.05) is 19.8 Å². The lowest BCUT2D eigenvalue weighted by Gasteiger charge is -2.13. The van der Waals surface area contributed by atoms with Crippen LogP contribution in [0.15, 0.2) is 50.8 Å². The molecule has 9 heteroatoms. The fourth-order valence-corrected chi connectivity index (χ4v) is 4.49. The third-order valence-electron chi connectivity index (χ3n) is 4.49. The molecule has 1 heterocycles. The zero-order chi connectivity index (χ0) is 23.3. The monoisotopic (exact) mass is 518 g/mol. The minimum absolute atomic E-state index is 0.142. The van der Waals surface area contributed by atoms with Crippen LogP contribution in [-0.2, 0) is 4.79 Å². The fourth-order valence-electron chi connectivity index (χ4n) is 3.00. The molecule has 0 spiro atoms. The summed E-state index contributed by atoms with van der Waals surface area (Å²) in [5.41, 5.74) is 1.55. The van der Waals surface area contributed by atoms with Crippen molar-refractivity contribution in [1.82, 2.24) is 4.90 Å². The summed E-state index contributed by atoms with van der Waals surface area (Å²) in [5, 5.41) is 9.59. The number of likely N-dealkylation sites (N-methyl/N-ethyl adjacent to an activating group) is 1. The van der Waals surface area contributed by atoms with Crippen LogP contribution in [0.1, 0.15) is 36.7 Å². The van der Waals surface area contributed by atoms with Crippen LogP contribution >= 0.6 is 27.7 Å². The van der Waals surface area contributed by atoms with E-state index in [4.69, 9.17) is 14.6 Å². The van der Waals surface area contributed by atoms with Gasteiger partial charge in [0.25, 0.3) is 5.91 Å². The van der Waals surface area contributed by atoms with Gasteiger partial charge >= 0.3 is 5.97 Å². The van der Waals surface area contributed by atoms with Crippen LogP contribution < -0.4 is 9.47 Å². The number of thioether (sulfide) groups is 1. The number of carboxylic acid groups (broad SMARTS) is 1. The molecule has 0 bridgehead atoms. The lowest BCUT2D eigenvalue weighted by molar-refractivity contribution is -0.122. The molecule has 1 aliphatic heterocycles. The minimum Gasteiger partial charge on any atom is -0.490 e. The quantitative estimate of drug-likeness (QED) is 0.459. The van der Waals surface area contributed by atoms with E-state index in [1.165, 1.54) is 23.9 Å². The van der Waals surface area contributed by atoms with E-state index < -0.39 is 5.97 Å². The Balaban J connectivity index is 1.94. The molecule has 0 aromatic heterocycles.